The number of carbonyl (C=O) groups excluding carboxylic acids is 1. The summed E-state index contributed by atoms with van der Waals surface area (Å²) < 4.78 is 29.8. The summed E-state index contributed by atoms with van der Waals surface area (Å²) >= 11 is 0. The maximum absolute atomic E-state index is 10.5. The summed E-state index contributed by atoms with van der Waals surface area (Å²) in [5.41, 5.74) is 7.81. The predicted molar refractivity (Wildman–Crippen MR) is 136 cm³/mol. The molecule has 0 amide bonds. The van der Waals surface area contributed by atoms with Crippen LogP contribution in [-0.2, 0) is 27.4 Å². The van der Waals surface area contributed by atoms with Gasteiger partial charge in [-0.3, -0.25) is 4.79 Å². The molecule has 36 heavy (non-hydrogen) atoms. The molecule has 3 rings (SSSR count). The highest BCUT2D eigenvalue weighted by atomic mass is 16.7. The fourth-order valence-corrected chi connectivity index (χ4v) is 2.67. The van der Waals surface area contributed by atoms with E-state index in [2.05, 4.69) is 0 Å². The fraction of sp³-hybridized carbons (Fsp3) is 0.296. The molecular formula is C27H35NO8. The molecule has 0 bridgehead atoms. The second-order valence-corrected chi connectivity index (χ2v) is 6.89. The number of carbonyl (C=O) groups is 1. The van der Waals surface area contributed by atoms with Gasteiger partial charge in [-0.25, -0.2) is 0 Å². The Labute approximate surface area is 212 Å². The van der Waals surface area contributed by atoms with Crippen LogP contribution >= 0.6 is 0 Å². The Bertz CT molecular complexity index is 932. The molecule has 0 aliphatic rings. The van der Waals surface area contributed by atoms with Crippen LogP contribution in [0.4, 0.5) is 0 Å². The Balaban J connectivity index is 0.000000270. The van der Waals surface area contributed by atoms with Gasteiger partial charge in [-0.1, -0.05) is 48.5 Å². The van der Waals surface area contributed by atoms with E-state index in [0.29, 0.717) is 23.6 Å². The average molecular weight is 502 g/mol. The first-order valence-corrected chi connectivity index (χ1v) is 11.0. The van der Waals surface area contributed by atoms with Gasteiger partial charge in [0.05, 0.1) is 12.2 Å². The van der Waals surface area contributed by atoms with Crippen molar-refractivity contribution in [2.45, 2.75) is 13.2 Å². The molecule has 9 nitrogen and oxygen atoms in total. The number of rotatable bonds is 12. The molecule has 0 aromatic heterocycles. The van der Waals surface area contributed by atoms with E-state index in [1.54, 1.807) is 44.6 Å². The minimum Gasteiger partial charge on any atom is -0.467 e. The molecule has 3 aromatic carbocycles. The van der Waals surface area contributed by atoms with E-state index in [0.717, 1.165) is 23.2 Å². The molecule has 3 N–H and O–H groups in total. The highest BCUT2D eigenvalue weighted by molar-refractivity contribution is 5.79. The molecule has 0 spiro atoms. The van der Waals surface area contributed by atoms with Crippen molar-refractivity contribution in [3.8, 4) is 17.2 Å². The SMILES string of the molecule is COCOc1ccccc1C=O.COCOc1ccccc1CN.COCOc1ccccc1CO. The first kappa shape index (κ1) is 30.6. The molecule has 0 saturated heterocycles. The number of nitrogens with two attached hydrogens (primary N) is 1. The second kappa shape index (κ2) is 19.8. The molecule has 0 fully saturated rings. The van der Waals surface area contributed by atoms with Gasteiger partial charge in [-0.15, -0.1) is 0 Å². The van der Waals surface area contributed by atoms with Gasteiger partial charge in [0.1, 0.15) is 17.2 Å². The van der Waals surface area contributed by atoms with Crippen molar-refractivity contribution in [1.82, 2.24) is 0 Å². The van der Waals surface area contributed by atoms with Crippen LogP contribution in [-0.4, -0.2) is 53.1 Å². The van der Waals surface area contributed by atoms with Crippen molar-refractivity contribution < 1.29 is 38.3 Å². The lowest BCUT2D eigenvalue weighted by Crippen LogP contribution is -2.04. The molecule has 3 aromatic rings. The van der Waals surface area contributed by atoms with E-state index >= 15 is 0 Å². The van der Waals surface area contributed by atoms with Crippen LogP contribution in [0, 0.1) is 0 Å². The number of ether oxygens (including phenoxy) is 6. The van der Waals surface area contributed by atoms with Gasteiger partial charge >= 0.3 is 0 Å². The summed E-state index contributed by atoms with van der Waals surface area (Å²) in [6, 6.07) is 22.0. The molecule has 0 radical (unpaired) electrons. The number of para-hydroxylation sites is 3. The molecule has 0 aliphatic carbocycles. The maximum atomic E-state index is 10.5. The van der Waals surface area contributed by atoms with Gasteiger partial charge in [0.25, 0.3) is 0 Å². The molecule has 0 atom stereocenters. The van der Waals surface area contributed by atoms with E-state index in [1.807, 2.05) is 42.5 Å². The van der Waals surface area contributed by atoms with Crippen molar-refractivity contribution in [1.29, 1.82) is 0 Å². The van der Waals surface area contributed by atoms with Gasteiger partial charge in [-0.2, -0.15) is 0 Å². The third-order valence-corrected chi connectivity index (χ3v) is 4.38. The molecule has 196 valence electrons. The van der Waals surface area contributed by atoms with Gasteiger partial charge < -0.3 is 39.3 Å². The van der Waals surface area contributed by atoms with Gasteiger partial charge in [0.15, 0.2) is 26.7 Å². The molecule has 0 unspecified atom stereocenters. The van der Waals surface area contributed by atoms with Gasteiger partial charge in [0, 0.05) is 39.0 Å². The lowest BCUT2D eigenvalue weighted by molar-refractivity contribution is 0.0494. The van der Waals surface area contributed by atoms with Gasteiger partial charge in [0.2, 0.25) is 0 Å². The van der Waals surface area contributed by atoms with Gasteiger partial charge in [-0.05, 0) is 24.3 Å². The Morgan fingerprint density at radius 3 is 1.56 bits per heavy atom. The standard InChI is InChI=1S/C9H13NO2.C9H12O3.C9H10O3/c3*1-11-7-12-9-5-3-2-4-8(9)6-10/h2-5H,6-7,10H2,1H3;2-5,10H,6-7H2,1H3;2-6H,7H2,1H3. The van der Waals surface area contributed by atoms with Crippen molar-refractivity contribution in [3.63, 3.8) is 0 Å². The van der Waals surface area contributed by atoms with Crippen LogP contribution in [0.1, 0.15) is 21.5 Å². The van der Waals surface area contributed by atoms with Crippen LogP contribution in [0.2, 0.25) is 0 Å². The Morgan fingerprint density at radius 1 is 0.667 bits per heavy atom. The van der Waals surface area contributed by atoms with E-state index in [-0.39, 0.29) is 27.0 Å². The minimum absolute atomic E-state index is 0.0140. The summed E-state index contributed by atoms with van der Waals surface area (Å²) in [7, 11) is 4.68. The van der Waals surface area contributed by atoms with Crippen LogP contribution in [0.3, 0.4) is 0 Å². The average Bonchev–Trinajstić information content (AvgIpc) is 2.94. The zero-order valence-corrected chi connectivity index (χ0v) is 20.9. The zero-order valence-electron chi connectivity index (χ0n) is 20.9. The van der Waals surface area contributed by atoms with Crippen LogP contribution in [0.5, 0.6) is 17.2 Å². The Kier molecular flexibility index (Phi) is 16.8. The summed E-state index contributed by atoms with van der Waals surface area (Å²) in [4.78, 5) is 10.5. The normalized spacial score (nSPS) is 9.69. The molecule has 0 aliphatic heterocycles. The number of aliphatic hydroxyl groups excluding tert-OH is 1. The van der Waals surface area contributed by atoms with Crippen molar-refractivity contribution >= 4 is 6.29 Å². The Hall–Kier alpha value is -3.47. The van der Waals surface area contributed by atoms with Crippen molar-refractivity contribution in [2.24, 2.45) is 5.73 Å². The molecule has 0 heterocycles. The maximum Gasteiger partial charge on any atom is 0.188 e. The summed E-state index contributed by atoms with van der Waals surface area (Å²) in [5, 5.41) is 8.90. The topological polar surface area (TPSA) is 119 Å². The lowest BCUT2D eigenvalue weighted by Gasteiger charge is -2.08. The summed E-state index contributed by atoms with van der Waals surface area (Å²) in [5.74, 6) is 2.01. The number of aldehydes is 1. The van der Waals surface area contributed by atoms with Crippen LogP contribution in [0.15, 0.2) is 72.8 Å². The third kappa shape index (κ3) is 11.8. The molecular weight excluding hydrogens is 466 g/mol. The minimum atomic E-state index is -0.0140. The number of benzene rings is 3. The zero-order chi connectivity index (χ0) is 26.4. The molecule has 0 saturated carbocycles. The van der Waals surface area contributed by atoms with E-state index < -0.39 is 0 Å². The van der Waals surface area contributed by atoms with Crippen LogP contribution < -0.4 is 19.9 Å². The first-order chi connectivity index (χ1) is 17.6. The van der Waals surface area contributed by atoms with Crippen LogP contribution in [0.25, 0.3) is 0 Å². The first-order valence-electron chi connectivity index (χ1n) is 11.0. The largest absolute Gasteiger partial charge is 0.467 e. The quantitative estimate of drug-likeness (QED) is 0.282. The summed E-state index contributed by atoms with van der Waals surface area (Å²) in [6.45, 7) is 1.10. The number of hydrogen-bond acceptors (Lipinski definition) is 9. The number of methoxy groups -OCH3 is 3. The molecule has 9 heteroatoms. The van der Waals surface area contributed by atoms with E-state index in [1.165, 1.54) is 7.11 Å². The number of hydrogen-bond donors (Lipinski definition) is 2. The Morgan fingerprint density at radius 2 is 1.08 bits per heavy atom. The monoisotopic (exact) mass is 501 g/mol. The van der Waals surface area contributed by atoms with E-state index in [4.69, 9.17) is 39.3 Å². The van der Waals surface area contributed by atoms with Crippen molar-refractivity contribution in [2.75, 3.05) is 41.7 Å². The predicted octanol–water partition coefficient (Wildman–Crippen LogP) is 3.77. The fourth-order valence-electron chi connectivity index (χ4n) is 2.67. The summed E-state index contributed by atoms with van der Waals surface area (Å²) in [6.07, 6.45) is 0.755. The second-order valence-electron chi connectivity index (χ2n) is 6.89. The third-order valence-electron chi connectivity index (χ3n) is 4.38. The lowest BCUT2D eigenvalue weighted by atomic mass is 10.2. The highest BCUT2D eigenvalue weighted by Crippen LogP contribution is 2.18. The smallest absolute Gasteiger partial charge is 0.188 e. The van der Waals surface area contributed by atoms with Crippen molar-refractivity contribution in [3.05, 3.63) is 89.5 Å². The highest BCUT2D eigenvalue weighted by Gasteiger charge is 2.01. The number of aliphatic hydroxyl groups is 1. The van der Waals surface area contributed by atoms with E-state index in [9.17, 15) is 4.79 Å².